The number of carbonyl (C=O) groups is 1. The number of fused-ring (bicyclic) bond motifs is 1. The highest BCUT2D eigenvalue weighted by atomic mass is 35.5. The molecular weight excluding hydrogens is 460 g/mol. The molecule has 0 fully saturated rings. The smallest absolute Gasteiger partial charge is 0.250 e. The largest absolute Gasteiger partial charge is 0.493 e. The summed E-state index contributed by atoms with van der Waals surface area (Å²) in [4.78, 5) is 13.3. The van der Waals surface area contributed by atoms with Gasteiger partial charge in [0.1, 0.15) is 0 Å². The van der Waals surface area contributed by atoms with Crippen LogP contribution in [-0.2, 0) is 6.54 Å². The van der Waals surface area contributed by atoms with Crippen molar-refractivity contribution in [1.29, 1.82) is 0 Å². The van der Waals surface area contributed by atoms with Gasteiger partial charge in [0, 0.05) is 22.0 Å². The van der Waals surface area contributed by atoms with Crippen LogP contribution in [0.5, 0.6) is 17.2 Å². The third-order valence-electron chi connectivity index (χ3n) is 5.83. The summed E-state index contributed by atoms with van der Waals surface area (Å²) in [6.45, 7) is 4.46. The summed E-state index contributed by atoms with van der Waals surface area (Å²) in [6, 6.07) is 11.6. The van der Waals surface area contributed by atoms with Gasteiger partial charge in [-0.3, -0.25) is 4.79 Å². The van der Waals surface area contributed by atoms with Crippen molar-refractivity contribution in [2.75, 3.05) is 21.3 Å². The lowest BCUT2D eigenvalue weighted by molar-refractivity contribution is 0.0999. The Hall–Kier alpha value is -3.16. The SMILES string of the molecule is COc1cc(Cn2c(-c3sc4ccc(Cl)cc4c3C)cc(C(N)=O)c2C)cc(OC)c1OC. The predicted molar refractivity (Wildman–Crippen MR) is 133 cm³/mol. The molecule has 8 heteroatoms. The van der Waals surface area contributed by atoms with Crippen LogP contribution < -0.4 is 19.9 Å². The number of methoxy groups -OCH3 is 3. The summed E-state index contributed by atoms with van der Waals surface area (Å²) in [5.74, 6) is 1.21. The minimum absolute atomic E-state index is 0.459. The van der Waals surface area contributed by atoms with Crippen LogP contribution >= 0.6 is 22.9 Å². The lowest BCUT2D eigenvalue weighted by Crippen LogP contribution is -2.13. The second-order valence-electron chi connectivity index (χ2n) is 7.71. The Bertz CT molecular complexity index is 1350. The van der Waals surface area contributed by atoms with Crippen LogP contribution in [0.25, 0.3) is 20.7 Å². The predicted octanol–water partition coefficient (Wildman–Crippen LogP) is 5.81. The van der Waals surface area contributed by atoms with Crippen LogP contribution in [0.3, 0.4) is 0 Å². The number of primary amides is 1. The number of carbonyl (C=O) groups excluding carboxylic acids is 1. The van der Waals surface area contributed by atoms with Crippen molar-refractivity contribution < 1.29 is 19.0 Å². The first-order chi connectivity index (χ1) is 15.8. The van der Waals surface area contributed by atoms with Crippen molar-refractivity contribution in [3.63, 3.8) is 0 Å². The zero-order valence-electron chi connectivity index (χ0n) is 19.1. The molecule has 0 aliphatic rings. The zero-order valence-corrected chi connectivity index (χ0v) is 20.7. The number of benzene rings is 2. The number of ether oxygens (including phenoxy) is 3. The Morgan fingerprint density at radius 2 is 1.70 bits per heavy atom. The first-order valence-corrected chi connectivity index (χ1v) is 11.5. The molecule has 33 heavy (non-hydrogen) atoms. The lowest BCUT2D eigenvalue weighted by atomic mass is 10.1. The molecule has 2 heterocycles. The van der Waals surface area contributed by atoms with Crippen LogP contribution in [0.15, 0.2) is 36.4 Å². The van der Waals surface area contributed by atoms with Gasteiger partial charge in [-0.05, 0) is 66.8 Å². The summed E-state index contributed by atoms with van der Waals surface area (Å²) in [6.07, 6.45) is 0. The Balaban J connectivity index is 1.90. The van der Waals surface area contributed by atoms with E-state index in [1.54, 1.807) is 32.7 Å². The van der Waals surface area contributed by atoms with Crippen molar-refractivity contribution >= 4 is 38.9 Å². The molecule has 2 aromatic carbocycles. The summed E-state index contributed by atoms with van der Waals surface area (Å²) < 4.78 is 19.7. The van der Waals surface area contributed by atoms with E-state index < -0.39 is 5.91 Å². The van der Waals surface area contributed by atoms with E-state index in [1.165, 1.54) is 0 Å². The van der Waals surface area contributed by atoms with Gasteiger partial charge < -0.3 is 24.5 Å². The van der Waals surface area contributed by atoms with E-state index in [0.717, 1.165) is 37.5 Å². The van der Waals surface area contributed by atoms with E-state index in [9.17, 15) is 4.79 Å². The molecular formula is C25H25ClN2O4S. The van der Waals surface area contributed by atoms with E-state index >= 15 is 0 Å². The fraction of sp³-hybridized carbons (Fsp3) is 0.240. The Labute approximate surface area is 201 Å². The lowest BCUT2D eigenvalue weighted by Gasteiger charge is -2.16. The molecule has 1 amide bonds. The van der Waals surface area contributed by atoms with E-state index in [1.807, 2.05) is 43.3 Å². The third kappa shape index (κ3) is 4.03. The maximum absolute atomic E-state index is 12.2. The first-order valence-electron chi connectivity index (χ1n) is 10.3. The number of halogens is 1. The second-order valence-corrected chi connectivity index (χ2v) is 9.20. The van der Waals surface area contributed by atoms with Crippen molar-refractivity contribution in [1.82, 2.24) is 4.57 Å². The van der Waals surface area contributed by atoms with Crippen LogP contribution in [0, 0.1) is 13.8 Å². The van der Waals surface area contributed by atoms with Gasteiger partial charge in [-0.15, -0.1) is 11.3 Å². The zero-order chi connectivity index (χ0) is 23.9. The van der Waals surface area contributed by atoms with E-state index in [-0.39, 0.29) is 0 Å². The topological polar surface area (TPSA) is 75.7 Å². The molecule has 4 aromatic rings. The highest BCUT2D eigenvalue weighted by Crippen LogP contribution is 2.42. The van der Waals surface area contributed by atoms with Crippen LogP contribution in [0.1, 0.15) is 27.2 Å². The van der Waals surface area contributed by atoms with Crippen molar-refractivity contribution in [3.05, 3.63) is 63.8 Å². The highest BCUT2D eigenvalue weighted by molar-refractivity contribution is 7.22. The van der Waals surface area contributed by atoms with Crippen molar-refractivity contribution in [2.45, 2.75) is 20.4 Å². The van der Waals surface area contributed by atoms with Gasteiger partial charge >= 0.3 is 0 Å². The van der Waals surface area contributed by atoms with Gasteiger partial charge in [0.05, 0.1) is 37.5 Å². The number of aryl methyl sites for hydroxylation is 1. The van der Waals surface area contributed by atoms with Crippen molar-refractivity contribution in [3.8, 4) is 27.8 Å². The number of nitrogens with two attached hydrogens (primary N) is 1. The number of amides is 1. The van der Waals surface area contributed by atoms with E-state index in [0.29, 0.717) is 34.4 Å². The summed E-state index contributed by atoms with van der Waals surface area (Å²) >= 11 is 7.91. The Morgan fingerprint density at radius 3 is 2.27 bits per heavy atom. The van der Waals surface area contributed by atoms with Crippen molar-refractivity contribution in [2.24, 2.45) is 5.73 Å². The molecule has 0 atom stereocenters. The van der Waals surface area contributed by atoms with Crippen LogP contribution in [0.4, 0.5) is 0 Å². The number of thiophene rings is 1. The van der Waals surface area contributed by atoms with Gasteiger partial charge in [-0.25, -0.2) is 0 Å². The van der Waals surface area contributed by atoms with E-state index in [4.69, 9.17) is 31.5 Å². The number of rotatable bonds is 7. The van der Waals surface area contributed by atoms with Gasteiger partial charge in [0.2, 0.25) is 5.75 Å². The van der Waals surface area contributed by atoms with Gasteiger partial charge in [0.15, 0.2) is 11.5 Å². The fourth-order valence-electron chi connectivity index (χ4n) is 4.13. The molecule has 0 radical (unpaired) electrons. The fourth-order valence-corrected chi connectivity index (χ4v) is 5.52. The monoisotopic (exact) mass is 484 g/mol. The standard InChI is InChI=1S/C25H25ClN2O4S/c1-13-17-10-16(26)6-7-22(17)33-24(13)19-11-18(25(27)29)14(2)28(19)12-15-8-20(30-3)23(32-5)21(9-15)31-4/h6-11H,12H2,1-5H3,(H2,27,29). The van der Waals surface area contributed by atoms with Crippen LogP contribution in [0.2, 0.25) is 5.02 Å². The Morgan fingerprint density at radius 1 is 1.03 bits per heavy atom. The first kappa shape index (κ1) is 23.0. The molecule has 172 valence electrons. The third-order valence-corrected chi connectivity index (χ3v) is 7.36. The number of nitrogens with zero attached hydrogens (tertiary/aromatic N) is 1. The molecule has 2 N–H and O–H groups in total. The quantitative estimate of drug-likeness (QED) is 0.359. The average molecular weight is 485 g/mol. The molecule has 0 aliphatic heterocycles. The molecule has 4 rings (SSSR count). The van der Waals surface area contributed by atoms with Crippen LogP contribution in [-0.4, -0.2) is 31.8 Å². The molecule has 0 spiro atoms. The average Bonchev–Trinajstić information content (AvgIpc) is 3.29. The highest BCUT2D eigenvalue weighted by Gasteiger charge is 2.22. The number of hydrogen-bond donors (Lipinski definition) is 1. The number of hydrogen-bond acceptors (Lipinski definition) is 5. The Kier molecular flexibility index (Phi) is 6.28. The summed E-state index contributed by atoms with van der Waals surface area (Å²) in [7, 11) is 4.75. The number of aromatic nitrogens is 1. The normalized spacial score (nSPS) is 11.1. The van der Waals surface area contributed by atoms with Gasteiger partial charge in [-0.1, -0.05) is 11.6 Å². The van der Waals surface area contributed by atoms with Gasteiger partial charge in [-0.2, -0.15) is 0 Å². The molecule has 2 aromatic heterocycles. The second kappa shape index (κ2) is 9.00. The minimum Gasteiger partial charge on any atom is -0.493 e. The molecule has 6 nitrogen and oxygen atoms in total. The molecule has 0 saturated heterocycles. The minimum atomic E-state index is -0.459. The summed E-state index contributed by atoms with van der Waals surface area (Å²) in [5.41, 5.74) is 9.96. The summed E-state index contributed by atoms with van der Waals surface area (Å²) in [5, 5.41) is 1.79. The maximum atomic E-state index is 12.2. The molecule has 0 saturated carbocycles. The van der Waals surface area contributed by atoms with Gasteiger partial charge in [0.25, 0.3) is 5.91 Å². The molecule has 0 unspecified atom stereocenters. The van der Waals surface area contributed by atoms with E-state index in [2.05, 4.69) is 11.5 Å². The maximum Gasteiger partial charge on any atom is 0.250 e. The molecule has 0 aliphatic carbocycles. The molecule has 0 bridgehead atoms.